The van der Waals surface area contributed by atoms with Crippen molar-refractivity contribution in [2.45, 2.75) is 6.10 Å². The van der Waals surface area contributed by atoms with E-state index >= 15 is 0 Å². The van der Waals surface area contributed by atoms with Crippen molar-refractivity contribution in [1.29, 1.82) is 0 Å². The summed E-state index contributed by atoms with van der Waals surface area (Å²) in [7, 11) is -3.28. The molecule has 0 bridgehead atoms. The number of ether oxygens (including phenoxy) is 1. The van der Waals surface area contributed by atoms with E-state index in [0.717, 1.165) is 18.0 Å². The van der Waals surface area contributed by atoms with Gasteiger partial charge in [0, 0.05) is 13.6 Å². The number of aliphatic hydroxyl groups is 1. The van der Waals surface area contributed by atoms with Crippen molar-refractivity contribution in [2.24, 2.45) is 0 Å². The van der Waals surface area contributed by atoms with Gasteiger partial charge in [-0.1, -0.05) is 0 Å². The SMILES string of the molecule is CN(CC(O)C[NH+]1CCOCC1)S(=O)(=O)[O-].[Br-].[Na+]. The molecule has 7 nitrogen and oxygen atoms in total. The van der Waals surface area contributed by atoms with Crippen LogP contribution in [0.1, 0.15) is 0 Å². The van der Waals surface area contributed by atoms with Crippen LogP contribution >= 0.6 is 0 Å². The number of nitrogens with one attached hydrogen (secondary N) is 1. The first kappa shape index (κ1) is 21.5. The molecule has 2 N–H and O–H groups in total. The minimum absolute atomic E-state index is 0. The second kappa shape index (κ2) is 10.0. The Labute approximate surface area is 140 Å². The summed E-state index contributed by atoms with van der Waals surface area (Å²) in [6, 6.07) is 0. The van der Waals surface area contributed by atoms with Gasteiger partial charge in [0.15, 0.2) is 10.3 Å². The molecule has 0 aromatic rings. The van der Waals surface area contributed by atoms with E-state index in [2.05, 4.69) is 0 Å². The van der Waals surface area contributed by atoms with Crippen LogP contribution in [0.15, 0.2) is 0 Å². The van der Waals surface area contributed by atoms with Gasteiger partial charge in [0.25, 0.3) is 0 Å². The van der Waals surface area contributed by atoms with E-state index in [1.807, 2.05) is 0 Å². The molecule has 1 fully saturated rings. The molecule has 18 heavy (non-hydrogen) atoms. The third-order valence-corrected chi connectivity index (χ3v) is 3.49. The van der Waals surface area contributed by atoms with Crippen molar-refractivity contribution in [3.05, 3.63) is 0 Å². The molecule has 1 saturated heterocycles. The molecule has 0 amide bonds. The molecule has 0 spiro atoms. The maximum Gasteiger partial charge on any atom is 1.00 e. The largest absolute Gasteiger partial charge is 1.00 e. The monoisotopic (exact) mass is 356 g/mol. The van der Waals surface area contributed by atoms with Gasteiger partial charge in [-0.25, -0.2) is 12.7 Å². The summed E-state index contributed by atoms with van der Waals surface area (Å²) in [5.41, 5.74) is 0. The Morgan fingerprint density at radius 3 is 2.39 bits per heavy atom. The fourth-order valence-corrected chi connectivity index (χ4v) is 2.00. The Hall–Kier alpha value is 1.23. The van der Waals surface area contributed by atoms with Gasteiger partial charge in [0.1, 0.15) is 25.7 Å². The summed E-state index contributed by atoms with van der Waals surface area (Å²) >= 11 is 0. The summed E-state index contributed by atoms with van der Waals surface area (Å²) < 4.78 is 37.6. The van der Waals surface area contributed by atoms with Gasteiger partial charge in [0.05, 0.1) is 13.2 Å². The van der Waals surface area contributed by atoms with Gasteiger partial charge in [0.2, 0.25) is 0 Å². The van der Waals surface area contributed by atoms with Crippen molar-refractivity contribution in [3.8, 4) is 0 Å². The van der Waals surface area contributed by atoms with Gasteiger partial charge >= 0.3 is 29.6 Å². The zero-order valence-corrected chi connectivity index (χ0v) is 15.0. The molecule has 1 unspecified atom stereocenters. The van der Waals surface area contributed by atoms with E-state index in [-0.39, 0.29) is 53.1 Å². The van der Waals surface area contributed by atoms with Crippen LogP contribution < -0.4 is 51.4 Å². The van der Waals surface area contributed by atoms with Crippen molar-refractivity contribution in [2.75, 3.05) is 46.4 Å². The number of quaternary nitrogens is 1. The van der Waals surface area contributed by atoms with Crippen molar-refractivity contribution >= 4 is 10.3 Å². The summed E-state index contributed by atoms with van der Waals surface area (Å²) in [6.45, 7) is 3.17. The number of likely N-dealkylation sites (N-methyl/N-ethyl adjacent to an activating group) is 1. The standard InChI is InChI=1S/C8H18N2O5S.BrH.Na/c1-9(16(12,13)14)6-8(11)7-10-2-4-15-5-3-10;;/h8,11H,2-7H2,1H3,(H,12,13,14);1H;/q;;+1/p-1. The molecule has 1 atom stereocenters. The Morgan fingerprint density at radius 1 is 1.44 bits per heavy atom. The minimum atomic E-state index is -4.45. The molecule has 0 aromatic carbocycles. The Morgan fingerprint density at radius 2 is 1.94 bits per heavy atom. The van der Waals surface area contributed by atoms with Crippen LogP contribution in [0.5, 0.6) is 0 Å². The summed E-state index contributed by atoms with van der Waals surface area (Å²) in [6.07, 6.45) is -0.818. The van der Waals surface area contributed by atoms with Gasteiger partial charge in [-0.2, -0.15) is 0 Å². The second-order valence-corrected chi connectivity index (χ2v) is 5.44. The molecule has 10 heteroatoms. The van der Waals surface area contributed by atoms with Crippen LogP contribution in [0.3, 0.4) is 0 Å². The fourth-order valence-electron chi connectivity index (χ4n) is 1.65. The van der Waals surface area contributed by atoms with E-state index in [9.17, 15) is 18.1 Å². The quantitative estimate of drug-likeness (QED) is 0.377. The zero-order valence-electron chi connectivity index (χ0n) is 10.6. The molecule has 0 aliphatic carbocycles. The van der Waals surface area contributed by atoms with Gasteiger partial charge in [-0.05, 0) is 0 Å². The van der Waals surface area contributed by atoms with E-state index < -0.39 is 16.4 Å². The van der Waals surface area contributed by atoms with E-state index in [1.54, 1.807) is 0 Å². The van der Waals surface area contributed by atoms with Crippen LogP contribution in [-0.2, 0) is 15.0 Å². The maximum atomic E-state index is 10.6. The van der Waals surface area contributed by atoms with E-state index in [0.29, 0.717) is 24.1 Å². The van der Waals surface area contributed by atoms with Crippen LogP contribution in [0.4, 0.5) is 0 Å². The van der Waals surface area contributed by atoms with Gasteiger partial charge in [-0.15, -0.1) is 0 Å². The minimum Gasteiger partial charge on any atom is -1.00 e. The average Bonchev–Trinajstić information content (AvgIpc) is 2.17. The number of nitrogens with zero attached hydrogens (tertiary/aromatic N) is 1. The third kappa shape index (κ3) is 8.41. The fraction of sp³-hybridized carbons (Fsp3) is 1.00. The molecular formula is C8H18BrN2NaO5S. The number of rotatable bonds is 5. The maximum absolute atomic E-state index is 10.6. The number of aliphatic hydroxyl groups excluding tert-OH is 1. The van der Waals surface area contributed by atoms with E-state index in [4.69, 9.17) is 4.74 Å². The third-order valence-electron chi connectivity index (χ3n) is 2.57. The Kier molecular flexibility index (Phi) is 12.0. The number of halogens is 1. The first-order valence-electron chi connectivity index (χ1n) is 5.16. The van der Waals surface area contributed by atoms with Crippen molar-refractivity contribution in [1.82, 2.24) is 4.31 Å². The molecule has 1 aliphatic rings. The summed E-state index contributed by atoms with van der Waals surface area (Å²) in [5, 5.41) is 9.63. The molecule has 104 valence electrons. The predicted octanol–water partition coefficient (Wildman–Crippen LogP) is -9.34. The van der Waals surface area contributed by atoms with Crippen molar-refractivity contribution in [3.63, 3.8) is 0 Å². The van der Waals surface area contributed by atoms with Crippen molar-refractivity contribution < 1.29 is 74.3 Å². The first-order chi connectivity index (χ1) is 7.39. The van der Waals surface area contributed by atoms with Gasteiger partial charge in [-0.3, -0.25) is 0 Å². The zero-order chi connectivity index (χ0) is 12.2. The number of hydrogen-bond acceptors (Lipinski definition) is 5. The first-order valence-corrected chi connectivity index (χ1v) is 6.52. The van der Waals surface area contributed by atoms with Crippen LogP contribution in [0.25, 0.3) is 0 Å². The smallest absolute Gasteiger partial charge is 1.00 e. The molecule has 1 aliphatic heterocycles. The molecular weight excluding hydrogens is 339 g/mol. The van der Waals surface area contributed by atoms with Crippen LogP contribution in [0, 0.1) is 0 Å². The molecule has 1 heterocycles. The average molecular weight is 357 g/mol. The van der Waals surface area contributed by atoms with E-state index in [1.165, 1.54) is 7.05 Å². The summed E-state index contributed by atoms with van der Waals surface area (Å²) in [4.78, 5) is 1.16. The van der Waals surface area contributed by atoms with Gasteiger partial charge < -0.3 is 36.3 Å². The molecule has 0 saturated carbocycles. The van der Waals surface area contributed by atoms with Crippen LogP contribution in [-0.4, -0.2) is 74.9 Å². The Balaban J connectivity index is 0. The second-order valence-electron chi connectivity index (χ2n) is 3.96. The topological polar surface area (TPSA) is 94.3 Å². The molecule has 1 rings (SSSR count). The number of morpholine rings is 1. The Bertz CT molecular complexity index is 313. The summed E-state index contributed by atoms with van der Waals surface area (Å²) in [5.74, 6) is 0. The predicted molar refractivity (Wildman–Crippen MR) is 54.7 cm³/mol. The normalized spacial score (nSPS) is 18.9. The van der Waals surface area contributed by atoms with Crippen LogP contribution in [0.2, 0.25) is 0 Å². The molecule has 0 aromatic heterocycles. The molecule has 0 radical (unpaired) electrons. The number of hydrogen-bond donors (Lipinski definition) is 2.